The molecule has 2 unspecified atom stereocenters. The Morgan fingerprint density at radius 2 is 2.00 bits per heavy atom. The fourth-order valence-electron chi connectivity index (χ4n) is 4.81. The minimum atomic E-state index is 0.147. The first kappa shape index (κ1) is 17.0. The third-order valence-electron chi connectivity index (χ3n) is 6.01. The number of nitrogens with one attached hydrogen (secondary N) is 1. The standard InChI is InChI=1S/C20H29N3O2/c1-15-14-25-11-10-22(15)17-12-19(21-20(24)13-17)23-9-5-8-18(23)16-6-3-2-4-7-16/h2-4,6-7,15,17-19H,5,8-14H2,1H3,(H,21,24)/t15-,17?,18-,19?/m1/s1. The predicted octanol–water partition coefficient (Wildman–Crippen LogP) is 2.15. The number of rotatable bonds is 3. The molecule has 0 aromatic heterocycles. The van der Waals surface area contributed by atoms with Crippen LogP contribution in [0.1, 0.15) is 44.2 Å². The van der Waals surface area contributed by atoms with Crippen LogP contribution in [0.25, 0.3) is 0 Å². The van der Waals surface area contributed by atoms with Crippen LogP contribution in [0.4, 0.5) is 0 Å². The average Bonchev–Trinajstić information content (AvgIpc) is 3.12. The van der Waals surface area contributed by atoms with Gasteiger partial charge >= 0.3 is 0 Å². The minimum Gasteiger partial charge on any atom is -0.379 e. The van der Waals surface area contributed by atoms with Gasteiger partial charge in [-0.2, -0.15) is 0 Å². The first-order chi connectivity index (χ1) is 12.2. The molecule has 1 aromatic rings. The summed E-state index contributed by atoms with van der Waals surface area (Å²) in [7, 11) is 0. The quantitative estimate of drug-likeness (QED) is 0.913. The van der Waals surface area contributed by atoms with Gasteiger partial charge < -0.3 is 10.1 Å². The summed E-state index contributed by atoms with van der Waals surface area (Å²) >= 11 is 0. The largest absolute Gasteiger partial charge is 0.379 e. The van der Waals surface area contributed by atoms with Crippen molar-refractivity contribution in [2.45, 2.75) is 56.9 Å². The van der Waals surface area contributed by atoms with Crippen molar-refractivity contribution in [3.63, 3.8) is 0 Å². The number of carbonyl (C=O) groups excluding carboxylic acids is 1. The topological polar surface area (TPSA) is 44.8 Å². The van der Waals surface area contributed by atoms with E-state index in [2.05, 4.69) is 52.4 Å². The molecule has 5 nitrogen and oxygen atoms in total. The van der Waals surface area contributed by atoms with Crippen LogP contribution in [0.5, 0.6) is 0 Å². The molecule has 0 aliphatic carbocycles. The third-order valence-corrected chi connectivity index (χ3v) is 6.01. The second-order valence-corrected chi connectivity index (χ2v) is 7.65. The van der Waals surface area contributed by atoms with E-state index in [9.17, 15) is 4.79 Å². The van der Waals surface area contributed by atoms with Gasteiger partial charge in [-0.1, -0.05) is 30.3 Å². The highest BCUT2D eigenvalue weighted by atomic mass is 16.5. The van der Waals surface area contributed by atoms with Gasteiger partial charge in [0.1, 0.15) is 0 Å². The molecule has 3 heterocycles. The Morgan fingerprint density at radius 3 is 2.80 bits per heavy atom. The van der Waals surface area contributed by atoms with Crippen molar-refractivity contribution >= 4 is 5.91 Å². The Kier molecular flexibility index (Phi) is 5.06. The molecule has 25 heavy (non-hydrogen) atoms. The molecule has 0 radical (unpaired) electrons. The van der Waals surface area contributed by atoms with E-state index in [1.165, 1.54) is 18.4 Å². The Bertz CT molecular complexity index is 594. The molecule has 0 bridgehead atoms. The highest BCUT2D eigenvalue weighted by molar-refractivity contribution is 5.77. The number of nitrogens with zero attached hydrogens (tertiary/aromatic N) is 2. The number of hydrogen-bond acceptors (Lipinski definition) is 4. The van der Waals surface area contributed by atoms with Crippen LogP contribution in [0.3, 0.4) is 0 Å². The maximum Gasteiger partial charge on any atom is 0.222 e. The SMILES string of the molecule is C[C@@H]1COCCN1C1CC(=O)NC(N2CCC[C@@H]2c2ccccc2)C1. The predicted molar refractivity (Wildman–Crippen MR) is 97.1 cm³/mol. The number of ether oxygens (including phenoxy) is 1. The maximum atomic E-state index is 12.4. The fraction of sp³-hybridized carbons (Fsp3) is 0.650. The number of benzene rings is 1. The van der Waals surface area contributed by atoms with E-state index in [0.717, 1.165) is 32.7 Å². The summed E-state index contributed by atoms with van der Waals surface area (Å²) in [4.78, 5) is 17.4. The molecule has 0 saturated carbocycles. The van der Waals surface area contributed by atoms with E-state index in [1.54, 1.807) is 0 Å². The minimum absolute atomic E-state index is 0.147. The smallest absolute Gasteiger partial charge is 0.222 e. The van der Waals surface area contributed by atoms with E-state index in [4.69, 9.17) is 4.74 Å². The zero-order valence-electron chi connectivity index (χ0n) is 15.1. The van der Waals surface area contributed by atoms with E-state index in [-0.39, 0.29) is 12.1 Å². The van der Waals surface area contributed by atoms with Gasteiger partial charge in [-0.3, -0.25) is 14.6 Å². The number of piperidine rings is 1. The van der Waals surface area contributed by atoms with Crippen LogP contribution in [0, 0.1) is 0 Å². The third kappa shape index (κ3) is 3.59. The van der Waals surface area contributed by atoms with E-state index in [1.807, 2.05) is 0 Å². The molecule has 3 fully saturated rings. The van der Waals surface area contributed by atoms with Crippen molar-refractivity contribution in [1.29, 1.82) is 0 Å². The Morgan fingerprint density at radius 1 is 1.16 bits per heavy atom. The monoisotopic (exact) mass is 343 g/mol. The van der Waals surface area contributed by atoms with E-state index >= 15 is 0 Å². The molecule has 5 heteroatoms. The van der Waals surface area contributed by atoms with Gasteiger partial charge in [0.05, 0.1) is 19.4 Å². The van der Waals surface area contributed by atoms with E-state index in [0.29, 0.717) is 24.5 Å². The summed E-state index contributed by atoms with van der Waals surface area (Å²) in [5.41, 5.74) is 1.37. The average molecular weight is 343 g/mol. The van der Waals surface area contributed by atoms with Crippen LogP contribution in [0.2, 0.25) is 0 Å². The summed E-state index contributed by atoms with van der Waals surface area (Å²) in [6.07, 6.45) is 4.15. The van der Waals surface area contributed by atoms with Crippen molar-refractivity contribution in [1.82, 2.24) is 15.1 Å². The molecular formula is C20H29N3O2. The molecule has 3 saturated heterocycles. The molecule has 3 aliphatic rings. The molecular weight excluding hydrogens is 314 g/mol. The normalized spacial score (nSPS) is 34.8. The number of carbonyl (C=O) groups is 1. The number of morpholine rings is 1. The second kappa shape index (κ2) is 7.44. The van der Waals surface area contributed by atoms with Crippen LogP contribution >= 0.6 is 0 Å². The van der Waals surface area contributed by atoms with Gasteiger partial charge in [0.2, 0.25) is 5.91 Å². The number of amides is 1. The van der Waals surface area contributed by atoms with Crippen molar-refractivity contribution in [2.24, 2.45) is 0 Å². The summed E-state index contributed by atoms with van der Waals surface area (Å²) in [6, 6.07) is 11.9. The fourth-order valence-corrected chi connectivity index (χ4v) is 4.81. The Balaban J connectivity index is 1.50. The summed E-state index contributed by atoms with van der Waals surface area (Å²) in [5.74, 6) is 0.193. The van der Waals surface area contributed by atoms with Crippen molar-refractivity contribution in [3.8, 4) is 0 Å². The molecule has 4 atom stereocenters. The van der Waals surface area contributed by atoms with Crippen molar-refractivity contribution < 1.29 is 9.53 Å². The van der Waals surface area contributed by atoms with Gasteiger partial charge in [0.15, 0.2) is 0 Å². The molecule has 1 aromatic carbocycles. The Labute approximate surface area is 150 Å². The first-order valence-corrected chi connectivity index (χ1v) is 9.66. The lowest BCUT2D eigenvalue weighted by Gasteiger charge is -2.45. The van der Waals surface area contributed by atoms with E-state index < -0.39 is 0 Å². The molecule has 1 N–H and O–H groups in total. The zero-order chi connectivity index (χ0) is 17.2. The second-order valence-electron chi connectivity index (χ2n) is 7.65. The lowest BCUT2D eigenvalue weighted by Crippen LogP contribution is -2.59. The highest BCUT2D eigenvalue weighted by Gasteiger charge is 2.39. The number of hydrogen-bond donors (Lipinski definition) is 1. The molecule has 0 spiro atoms. The van der Waals surface area contributed by atoms with Crippen LogP contribution in [0.15, 0.2) is 30.3 Å². The molecule has 136 valence electrons. The summed E-state index contributed by atoms with van der Waals surface area (Å²) in [5, 5.41) is 3.27. The molecule has 1 amide bonds. The van der Waals surface area contributed by atoms with Crippen LogP contribution < -0.4 is 5.32 Å². The van der Waals surface area contributed by atoms with Gasteiger partial charge in [-0.05, 0) is 31.7 Å². The van der Waals surface area contributed by atoms with Crippen molar-refractivity contribution in [3.05, 3.63) is 35.9 Å². The Hall–Kier alpha value is -1.43. The van der Waals surface area contributed by atoms with Crippen molar-refractivity contribution in [2.75, 3.05) is 26.3 Å². The lowest BCUT2D eigenvalue weighted by atomic mass is 9.97. The summed E-state index contributed by atoms with van der Waals surface area (Å²) in [6.45, 7) is 5.77. The van der Waals surface area contributed by atoms with Gasteiger partial charge in [-0.15, -0.1) is 0 Å². The van der Waals surface area contributed by atoms with Crippen LogP contribution in [-0.4, -0.2) is 60.3 Å². The molecule has 3 aliphatic heterocycles. The molecule has 4 rings (SSSR count). The lowest BCUT2D eigenvalue weighted by molar-refractivity contribution is -0.130. The summed E-state index contributed by atoms with van der Waals surface area (Å²) < 4.78 is 5.58. The van der Waals surface area contributed by atoms with Gasteiger partial charge in [0.25, 0.3) is 0 Å². The first-order valence-electron chi connectivity index (χ1n) is 9.66. The van der Waals surface area contributed by atoms with Gasteiger partial charge in [-0.25, -0.2) is 0 Å². The zero-order valence-corrected chi connectivity index (χ0v) is 15.1. The number of likely N-dealkylation sites (tertiary alicyclic amines) is 1. The maximum absolute atomic E-state index is 12.4. The van der Waals surface area contributed by atoms with Crippen LogP contribution in [-0.2, 0) is 9.53 Å². The highest BCUT2D eigenvalue weighted by Crippen LogP contribution is 2.35. The van der Waals surface area contributed by atoms with Gasteiger partial charge in [0, 0.05) is 37.6 Å².